The molecule has 4 rings (SSSR count). The quantitative estimate of drug-likeness (QED) is 0.310. The van der Waals surface area contributed by atoms with Gasteiger partial charge in [-0.25, -0.2) is 8.42 Å². The number of ether oxygens (including phenoxy) is 2. The van der Waals surface area contributed by atoms with E-state index in [2.05, 4.69) is 5.32 Å². The highest BCUT2D eigenvalue weighted by molar-refractivity contribution is 7.92. The number of amides is 2. The lowest BCUT2D eigenvalue weighted by atomic mass is 10.0. The van der Waals surface area contributed by atoms with Gasteiger partial charge in [0.2, 0.25) is 21.8 Å². The van der Waals surface area contributed by atoms with E-state index in [0.29, 0.717) is 46.0 Å². The fourth-order valence-corrected chi connectivity index (χ4v) is 6.24. The van der Waals surface area contributed by atoms with Crippen molar-refractivity contribution in [2.24, 2.45) is 0 Å². The van der Waals surface area contributed by atoms with Gasteiger partial charge in [0, 0.05) is 54.7 Å². The summed E-state index contributed by atoms with van der Waals surface area (Å²) in [6, 6.07) is 18.5. The third-order valence-electron chi connectivity index (χ3n) is 6.87. The molecule has 12 heteroatoms. The van der Waals surface area contributed by atoms with Crippen LogP contribution < -0.4 is 19.1 Å². The molecule has 0 saturated heterocycles. The fourth-order valence-electron chi connectivity index (χ4n) is 4.77. The number of nitrogens with one attached hydrogen (secondary N) is 1. The maximum absolute atomic E-state index is 13.8. The van der Waals surface area contributed by atoms with E-state index in [1.807, 2.05) is 30.3 Å². The molecule has 1 aliphatic heterocycles. The number of nitrogens with zero attached hydrogens (tertiary/aromatic N) is 2. The number of sulfonamides is 1. The highest BCUT2D eigenvalue weighted by atomic mass is 35.5. The fraction of sp³-hybridized carbons (Fsp3) is 0.333. The van der Waals surface area contributed by atoms with Crippen molar-refractivity contribution in [3.05, 3.63) is 87.9 Å². The maximum Gasteiger partial charge on any atom is 0.242 e. The molecule has 1 unspecified atom stereocenters. The molecule has 1 N–H and O–H groups in total. The summed E-state index contributed by atoms with van der Waals surface area (Å²) in [4.78, 5) is 28.5. The lowest BCUT2D eigenvalue weighted by Crippen LogP contribution is -2.50. The topological polar surface area (TPSA) is 105 Å². The number of likely N-dealkylation sites (N-methyl/N-ethyl adjacent to an activating group) is 1. The van der Waals surface area contributed by atoms with Gasteiger partial charge in [-0.15, -0.1) is 0 Å². The molecule has 0 radical (unpaired) electrons. The van der Waals surface area contributed by atoms with Crippen molar-refractivity contribution in [2.45, 2.75) is 31.8 Å². The predicted octanol–water partition coefficient (Wildman–Crippen LogP) is 4.70. The molecule has 3 aromatic rings. The number of carbonyl (C=O) groups excluding carboxylic acids is 2. The van der Waals surface area contributed by atoms with Crippen molar-refractivity contribution in [2.75, 3.05) is 37.4 Å². The Morgan fingerprint density at radius 3 is 2.26 bits per heavy atom. The molecule has 1 aliphatic rings. The summed E-state index contributed by atoms with van der Waals surface area (Å²) in [5, 5.41) is 3.41. The van der Waals surface area contributed by atoms with Crippen LogP contribution in [0, 0.1) is 0 Å². The Morgan fingerprint density at radius 1 is 0.952 bits per heavy atom. The Labute approximate surface area is 256 Å². The molecule has 0 spiro atoms. The van der Waals surface area contributed by atoms with Crippen molar-refractivity contribution in [3.8, 4) is 11.5 Å². The van der Waals surface area contributed by atoms with E-state index in [0.717, 1.165) is 11.8 Å². The zero-order valence-corrected chi connectivity index (χ0v) is 25.7. The van der Waals surface area contributed by atoms with Gasteiger partial charge in [0.05, 0.1) is 11.9 Å². The number of hydrogen-bond donors (Lipinski definition) is 1. The highest BCUT2D eigenvalue weighted by Gasteiger charge is 2.31. The first-order chi connectivity index (χ1) is 20.1. The lowest BCUT2D eigenvalue weighted by molar-refractivity contribution is -0.141. The number of anilines is 1. The van der Waals surface area contributed by atoms with Crippen LogP contribution >= 0.6 is 23.2 Å². The molecule has 0 fully saturated rings. The lowest BCUT2D eigenvalue weighted by Gasteiger charge is -2.32. The first-order valence-electron chi connectivity index (χ1n) is 13.4. The van der Waals surface area contributed by atoms with E-state index in [9.17, 15) is 18.0 Å². The van der Waals surface area contributed by atoms with E-state index in [4.69, 9.17) is 32.7 Å². The molecular formula is C30H33Cl2N3O6S. The third-order valence-corrected chi connectivity index (χ3v) is 8.78. The minimum absolute atomic E-state index is 0.000210. The smallest absolute Gasteiger partial charge is 0.242 e. The van der Waals surface area contributed by atoms with Crippen molar-refractivity contribution < 1.29 is 27.5 Å². The number of fused-ring (bicyclic) bond motifs is 1. The highest BCUT2D eigenvalue weighted by Crippen LogP contribution is 2.35. The zero-order chi connectivity index (χ0) is 30.3. The van der Waals surface area contributed by atoms with Gasteiger partial charge in [-0.05, 0) is 36.2 Å². The Balaban J connectivity index is 1.58. The van der Waals surface area contributed by atoms with Crippen molar-refractivity contribution in [3.63, 3.8) is 0 Å². The van der Waals surface area contributed by atoms with Crippen LogP contribution in [0.1, 0.15) is 24.0 Å². The van der Waals surface area contributed by atoms with Crippen LogP contribution in [0.4, 0.5) is 5.69 Å². The molecule has 0 saturated carbocycles. The molecule has 9 nitrogen and oxygen atoms in total. The minimum atomic E-state index is -3.68. The zero-order valence-electron chi connectivity index (χ0n) is 23.4. The summed E-state index contributed by atoms with van der Waals surface area (Å²) in [7, 11) is -2.17. The Bertz CT molecular complexity index is 1500. The number of hydrogen-bond acceptors (Lipinski definition) is 6. The second-order valence-electron chi connectivity index (χ2n) is 9.81. The van der Waals surface area contributed by atoms with Gasteiger partial charge in [-0.1, -0.05) is 59.6 Å². The number of carbonyl (C=O) groups is 2. The van der Waals surface area contributed by atoms with Gasteiger partial charge in [0.15, 0.2) is 11.5 Å². The summed E-state index contributed by atoms with van der Waals surface area (Å²) in [5.41, 5.74) is 1.79. The van der Waals surface area contributed by atoms with Crippen molar-refractivity contribution >= 4 is 50.7 Å². The molecule has 2 amide bonds. The first kappa shape index (κ1) is 31.5. The molecule has 0 aliphatic carbocycles. The Hall–Kier alpha value is -3.47. The van der Waals surface area contributed by atoms with Gasteiger partial charge in [0.25, 0.3) is 0 Å². The standard InChI is InChI=1S/C30H33Cl2N3O6S/c1-33-30(37)26(18-21-8-4-3-5-9-21)34(20-23-24(31)10-6-11-25(23)32)29(36)12-7-15-35(42(2,38)39)22-13-14-27-28(19-22)41-17-16-40-27/h3-6,8-11,13-14,19,26H,7,12,15-18,20H2,1-2H3,(H,33,37). The minimum Gasteiger partial charge on any atom is -0.486 e. The number of benzene rings is 3. The van der Waals surface area contributed by atoms with Crippen molar-refractivity contribution in [1.82, 2.24) is 10.2 Å². The third kappa shape index (κ3) is 7.87. The van der Waals surface area contributed by atoms with E-state index in [1.165, 1.54) is 16.3 Å². The van der Waals surface area contributed by atoms with Crippen LogP contribution in [0.2, 0.25) is 10.0 Å². The van der Waals surface area contributed by atoms with Crippen LogP contribution in [0.3, 0.4) is 0 Å². The van der Waals surface area contributed by atoms with Gasteiger partial charge >= 0.3 is 0 Å². The van der Waals surface area contributed by atoms with Gasteiger partial charge in [-0.3, -0.25) is 13.9 Å². The summed E-state index contributed by atoms with van der Waals surface area (Å²) >= 11 is 12.9. The Kier molecular flexibility index (Phi) is 10.6. The number of rotatable bonds is 12. The molecule has 1 heterocycles. The van der Waals surface area contributed by atoms with Gasteiger partial charge < -0.3 is 19.7 Å². The molecule has 0 bridgehead atoms. The molecule has 0 aromatic heterocycles. The molecular weight excluding hydrogens is 601 g/mol. The van der Waals surface area contributed by atoms with E-state index >= 15 is 0 Å². The van der Waals surface area contributed by atoms with Crippen LogP contribution in [-0.2, 0) is 32.6 Å². The van der Waals surface area contributed by atoms with Gasteiger partial charge in [0.1, 0.15) is 19.3 Å². The van der Waals surface area contributed by atoms with Crippen LogP contribution in [-0.4, -0.2) is 64.2 Å². The second kappa shape index (κ2) is 14.1. The van der Waals surface area contributed by atoms with Crippen LogP contribution in [0.15, 0.2) is 66.7 Å². The largest absolute Gasteiger partial charge is 0.486 e. The van der Waals surface area contributed by atoms with E-state index in [1.54, 1.807) is 36.4 Å². The predicted molar refractivity (Wildman–Crippen MR) is 164 cm³/mol. The molecule has 224 valence electrons. The monoisotopic (exact) mass is 633 g/mol. The molecule has 3 aromatic carbocycles. The van der Waals surface area contributed by atoms with Crippen molar-refractivity contribution in [1.29, 1.82) is 0 Å². The maximum atomic E-state index is 13.8. The van der Waals surface area contributed by atoms with Crippen LogP contribution in [0.25, 0.3) is 0 Å². The SMILES string of the molecule is CNC(=O)C(Cc1ccccc1)N(Cc1c(Cl)cccc1Cl)C(=O)CCCN(c1ccc2c(c1)OCCO2)S(C)(=O)=O. The normalized spacial score (nSPS) is 13.2. The summed E-state index contributed by atoms with van der Waals surface area (Å²) in [6.45, 7) is 0.820. The number of halogens is 2. The Morgan fingerprint density at radius 2 is 1.62 bits per heavy atom. The summed E-state index contributed by atoms with van der Waals surface area (Å²) < 4.78 is 37.9. The summed E-state index contributed by atoms with van der Waals surface area (Å²) in [6.07, 6.45) is 1.54. The first-order valence-corrected chi connectivity index (χ1v) is 16.0. The molecule has 1 atom stereocenters. The molecule has 42 heavy (non-hydrogen) atoms. The van der Waals surface area contributed by atoms with Gasteiger partial charge in [-0.2, -0.15) is 0 Å². The second-order valence-corrected chi connectivity index (χ2v) is 12.5. The average molecular weight is 635 g/mol. The van der Waals surface area contributed by atoms with E-state index in [-0.39, 0.29) is 44.2 Å². The van der Waals surface area contributed by atoms with Crippen LogP contribution in [0.5, 0.6) is 11.5 Å². The average Bonchev–Trinajstić information content (AvgIpc) is 2.97. The van der Waals surface area contributed by atoms with E-state index < -0.39 is 16.1 Å². The summed E-state index contributed by atoms with van der Waals surface area (Å²) in [5.74, 6) is 0.317.